The van der Waals surface area contributed by atoms with Crippen LogP contribution in [0.25, 0.3) is 0 Å². The molecular weight excluding hydrogens is 264 g/mol. The zero-order chi connectivity index (χ0) is 14.8. The first kappa shape index (κ1) is 13.2. The van der Waals surface area contributed by atoms with E-state index in [1.807, 2.05) is 24.3 Å². The van der Waals surface area contributed by atoms with Gasteiger partial charge in [-0.3, -0.25) is 9.59 Å². The van der Waals surface area contributed by atoms with Gasteiger partial charge in [0.1, 0.15) is 12.2 Å². The van der Waals surface area contributed by atoms with Crippen LogP contribution in [-0.2, 0) is 25.2 Å². The van der Waals surface area contributed by atoms with Gasteiger partial charge in [-0.05, 0) is 24.0 Å². The van der Waals surface area contributed by atoms with E-state index in [0.29, 0.717) is 12.8 Å². The molecule has 1 saturated heterocycles. The molecule has 3 nitrogen and oxygen atoms in total. The molecule has 110 valence electrons. The van der Waals surface area contributed by atoms with E-state index in [9.17, 15) is 9.59 Å². The Hall–Kier alpha value is -1.48. The van der Waals surface area contributed by atoms with Crippen LogP contribution in [0.2, 0.25) is 0 Å². The summed E-state index contributed by atoms with van der Waals surface area (Å²) in [4.78, 5) is 25.9. The molecule has 2 fully saturated rings. The fourth-order valence-corrected chi connectivity index (χ4v) is 4.91. The first-order valence-electron chi connectivity index (χ1n) is 7.99. The molecule has 1 aliphatic heterocycles. The van der Waals surface area contributed by atoms with Crippen LogP contribution in [0.15, 0.2) is 24.3 Å². The summed E-state index contributed by atoms with van der Waals surface area (Å²) in [6.45, 7) is 4.13. The van der Waals surface area contributed by atoms with Crippen LogP contribution in [0.4, 0.5) is 0 Å². The summed E-state index contributed by atoms with van der Waals surface area (Å²) in [5, 5.41) is 0. The minimum absolute atomic E-state index is 0.0795. The van der Waals surface area contributed by atoms with Crippen LogP contribution in [0, 0.1) is 0 Å². The van der Waals surface area contributed by atoms with Crippen LogP contribution >= 0.6 is 0 Å². The third kappa shape index (κ3) is 1.25. The molecule has 4 atom stereocenters. The molecule has 0 aromatic heterocycles. The minimum Gasteiger partial charge on any atom is -0.367 e. The van der Waals surface area contributed by atoms with E-state index >= 15 is 0 Å². The van der Waals surface area contributed by atoms with E-state index < -0.39 is 10.8 Å². The fraction of sp³-hybridized carbons (Fsp3) is 0.556. The van der Waals surface area contributed by atoms with Gasteiger partial charge in [-0.25, -0.2) is 0 Å². The SMILES string of the molecule is CCC[C@]12C(=O)C(=O)[C@](CCC)(c3ccccc31)C1OC12. The lowest BCUT2D eigenvalue weighted by molar-refractivity contribution is -0.147. The maximum absolute atomic E-state index is 12.9. The lowest BCUT2D eigenvalue weighted by Crippen LogP contribution is -2.65. The number of carbonyl (C=O) groups is 2. The maximum Gasteiger partial charge on any atom is 0.212 e. The second-order valence-electron chi connectivity index (χ2n) is 6.62. The Labute approximate surface area is 124 Å². The van der Waals surface area contributed by atoms with Gasteiger partial charge in [0.2, 0.25) is 11.6 Å². The third-order valence-electron chi connectivity index (χ3n) is 5.66. The molecule has 2 unspecified atom stereocenters. The molecule has 2 bridgehead atoms. The molecular formula is C18H20O3. The molecule has 0 amide bonds. The highest BCUT2D eigenvalue weighted by Crippen LogP contribution is 2.64. The maximum atomic E-state index is 12.9. The quantitative estimate of drug-likeness (QED) is 0.631. The summed E-state index contributed by atoms with van der Waals surface area (Å²) in [5.41, 5.74) is 0.706. The molecule has 5 rings (SSSR count). The Morgan fingerprint density at radius 3 is 1.71 bits per heavy atom. The van der Waals surface area contributed by atoms with Crippen molar-refractivity contribution < 1.29 is 14.3 Å². The molecule has 0 spiro atoms. The van der Waals surface area contributed by atoms with Gasteiger partial charge < -0.3 is 4.74 Å². The standard InChI is InChI=1S/C18H20O3/c1-3-9-17-11-7-5-6-8-12(11)18(10-4-2,14(20)13(17)19)16-15(17)21-16/h5-8,15-16H,3-4,9-10H2,1-2H3/t15?,16?,17-,18+. The summed E-state index contributed by atoms with van der Waals surface area (Å²) < 4.78 is 5.96. The molecule has 1 aromatic carbocycles. The van der Waals surface area contributed by atoms with E-state index in [0.717, 1.165) is 24.0 Å². The highest BCUT2D eigenvalue weighted by atomic mass is 16.6. The minimum atomic E-state index is -0.706. The summed E-state index contributed by atoms with van der Waals surface area (Å²) >= 11 is 0. The Kier molecular flexibility index (Phi) is 2.54. The molecule has 0 radical (unpaired) electrons. The van der Waals surface area contributed by atoms with E-state index in [2.05, 4.69) is 13.8 Å². The van der Waals surface area contributed by atoms with Gasteiger partial charge >= 0.3 is 0 Å². The van der Waals surface area contributed by atoms with Gasteiger partial charge in [0.05, 0.1) is 10.8 Å². The van der Waals surface area contributed by atoms with E-state index in [-0.39, 0.29) is 23.8 Å². The van der Waals surface area contributed by atoms with E-state index in [1.165, 1.54) is 0 Å². The Balaban J connectivity index is 2.04. The van der Waals surface area contributed by atoms with E-state index in [1.54, 1.807) is 0 Å². The van der Waals surface area contributed by atoms with Crippen molar-refractivity contribution in [2.75, 3.05) is 0 Å². The van der Waals surface area contributed by atoms with Crippen molar-refractivity contribution in [1.29, 1.82) is 0 Å². The highest BCUT2D eigenvalue weighted by molar-refractivity contribution is 6.46. The number of hydrogen-bond donors (Lipinski definition) is 0. The van der Waals surface area contributed by atoms with Crippen LogP contribution < -0.4 is 0 Å². The average molecular weight is 284 g/mol. The number of ether oxygens (including phenoxy) is 1. The largest absolute Gasteiger partial charge is 0.367 e. The van der Waals surface area contributed by atoms with Crippen molar-refractivity contribution in [3.05, 3.63) is 35.4 Å². The second kappa shape index (κ2) is 4.04. The topological polar surface area (TPSA) is 46.7 Å². The van der Waals surface area contributed by atoms with Crippen LogP contribution in [0.1, 0.15) is 50.7 Å². The monoisotopic (exact) mass is 284 g/mol. The van der Waals surface area contributed by atoms with E-state index in [4.69, 9.17) is 4.74 Å². The zero-order valence-corrected chi connectivity index (χ0v) is 12.5. The van der Waals surface area contributed by atoms with Crippen molar-refractivity contribution in [2.45, 2.75) is 62.6 Å². The number of epoxide rings is 1. The van der Waals surface area contributed by atoms with Crippen molar-refractivity contribution in [3.63, 3.8) is 0 Å². The first-order valence-corrected chi connectivity index (χ1v) is 7.99. The smallest absolute Gasteiger partial charge is 0.212 e. The number of Topliss-reactive ketones (excluding diaryl/α,β-unsaturated/α-hetero) is 2. The normalized spacial score (nSPS) is 39.1. The molecule has 1 heterocycles. The average Bonchev–Trinajstić information content (AvgIpc) is 3.29. The number of rotatable bonds is 4. The van der Waals surface area contributed by atoms with Gasteiger partial charge in [0.15, 0.2) is 0 Å². The fourth-order valence-electron chi connectivity index (χ4n) is 4.91. The highest BCUT2D eigenvalue weighted by Gasteiger charge is 2.78. The molecule has 21 heavy (non-hydrogen) atoms. The van der Waals surface area contributed by atoms with Crippen LogP contribution in [-0.4, -0.2) is 23.8 Å². The summed E-state index contributed by atoms with van der Waals surface area (Å²) in [5.74, 6) is -0.398. The molecule has 0 N–H and O–H groups in total. The number of hydrogen-bond acceptors (Lipinski definition) is 3. The second-order valence-corrected chi connectivity index (χ2v) is 6.62. The molecule has 4 aliphatic rings. The predicted octanol–water partition coefficient (Wildman–Crippen LogP) is 2.70. The Morgan fingerprint density at radius 2 is 1.33 bits per heavy atom. The summed E-state index contributed by atoms with van der Waals surface area (Å²) in [6.07, 6.45) is 3.00. The van der Waals surface area contributed by atoms with Crippen LogP contribution in [0.5, 0.6) is 0 Å². The molecule has 1 saturated carbocycles. The van der Waals surface area contributed by atoms with Gasteiger partial charge in [-0.1, -0.05) is 51.0 Å². The van der Waals surface area contributed by atoms with Crippen LogP contribution in [0.3, 0.4) is 0 Å². The number of benzene rings is 1. The lowest BCUT2D eigenvalue weighted by Gasteiger charge is -2.49. The van der Waals surface area contributed by atoms with Crippen molar-refractivity contribution in [1.82, 2.24) is 0 Å². The van der Waals surface area contributed by atoms with Gasteiger partial charge in [0, 0.05) is 0 Å². The van der Waals surface area contributed by atoms with Crippen molar-refractivity contribution in [2.24, 2.45) is 0 Å². The first-order chi connectivity index (χ1) is 10.1. The number of ketones is 2. The van der Waals surface area contributed by atoms with Crippen molar-refractivity contribution in [3.8, 4) is 0 Å². The van der Waals surface area contributed by atoms with Gasteiger partial charge in [-0.15, -0.1) is 0 Å². The number of carbonyl (C=O) groups excluding carboxylic acids is 2. The lowest BCUT2D eigenvalue weighted by atomic mass is 9.48. The number of fused-ring (bicyclic) bond motifs is 1. The van der Waals surface area contributed by atoms with Gasteiger partial charge in [-0.2, -0.15) is 0 Å². The zero-order valence-electron chi connectivity index (χ0n) is 12.5. The Morgan fingerprint density at radius 1 is 0.905 bits per heavy atom. The molecule has 3 heteroatoms. The predicted molar refractivity (Wildman–Crippen MR) is 78.3 cm³/mol. The van der Waals surface area contributed by atoms with Crippen molar-refractivity contribution >= 4 is 11.6 Å². The Bertz CT molecular complexity index is 595. The molecule has 1 aromatic rings. The summed E-state index contributed by atoms with van der Waals surface area (Å²) in [7, 11) is 0. The summed E-state index contributed by atoms with van der Waals surface area (Å²) in [6, 6.07) is 8.03. The van der Waals surface area contributed by atoms with Gasteiger partial charge in [0.25, 0.3) is 0 Å². The third-order valence-corrected chi connectivity index (χ3v) is 5.66. The molecule has 3 aliphatic carbocycles.